The normalized spacial score (nSPS) is 19.5. The Bertz CT molecular complexity index is 1050. The second kappa shape index (κ2) is 6.82. The molecule has 3 nitrogen and oxygen atoms in total. The van der Waals surface area contributed by atoms with Gasteiger partial charge in [0.05, 0.1) is 17.5 Å². The molecule has 0 saturated heterocycles. The molecule has 1 heterocycles. The zero-order valence-electron chi connectivity index (χ0n) is 15.6. The van der Waals surface area contributed by atoms with Gasteiger partial charge in [0.15, 0.2) is 0 Å². The van der Waals surface area contributed by atoms with Crippen LogP contribution in [0.1, 0.15) is 42.9 Å². The van der Waals surface area contributed by atoms with Gasteiger partial charge in [-0.1, -0.05) is 66.2 Å². The number of carbonyl (C=O) groups excluding carboxylic acids is 1. The fraction of sp³-hybridized carbons (Fsp3) is 0.292. The van der Waals surface area contributed by atoms with E-state index in [4.69, 9.17) is 16.3 Å². The predicted molar refractivity (Wildman–Crippen MR) is 112 cm³/mol. The summed E-state index contributed by atoms with van der Waals surface area (Å²) in [5.41, 5.74) is 1.86. The summed E-state index contributed by atoms with van der Waals surface area (Å²) in [4.78, 5) is 13.0. The first-order valence-corrected chi connectivity index (χ1v) is 10.2. The first kappa shape index (κ1) is 17.6. The first-order chi connectivity index (χ1) is 13.6. The van der Waals surface area contributed by atoms with Crippen molar-refractivity contribution in [3.8, 4) is 5.75 Å². The maximum absolute atomic E-state index is 13.0. The number of rotatable bonds is 3. The summed E-state index contributed by atoms with van der Waals surface area (Å²) in [6, 6.07) is 20.0. The molecule has 142 valence electrons. The number of amides is 1. The number of carbonyl (C=O) groups is 1. The maximum atomic E-state index is 13.0. The van der Waals surface area contributed by atoms with E-state index < -0.39 is 0 Å². The Morgan fingerprint density at radius 3 is 2.68 bits per heavy atom. The average molecular weight is 392 g/mol. The molecule has 1 N–H and O–H groups in total. The fourth-order valence-corrected chi connectivity index (χ4v) is 4.74. The van der Waals surface area contributed by atoms with Crippen LogP contribution in [0.2, 0.25) is 5.02 Å². The first-order valence-electron chi connectivity index (χ1n) is 9.87. The summed E-state index contributed by atoms with van der Waals surface area (Å²) < 4.78 is 6.29. The lowest BCUT2D eigenvalue weighted by molar-refractivity contribution is -0.122. The second-order valence-corrected chi connectivity index (χ2v) is 8.34. The number of para-hydroxylation sites is 1. The standard InChI is InChI=1S/C24H22ClNO2/c25-20-11-4-10-19-21(15-24(12-5-13-24)28-23(19)20)26-22(27)14-17-8-3-7-16-6-1-2-9-18(16)17/h1-4,6-11,21H,5,12-15H2,(H,26,27)/t21-/m1/s1. The van der Waals surface area contributed by atoms with E-state index >= 15 is 0 Å². The summed E-state index contributed by atoms with van der Waals surface area (Å²) in [6.45, 7) is 0. The minimum atomic E-state index is -0.171. The number of halogens is 1. The predicted octanol–water partition coefficient (Wildman–Crippen LogP) is 5.60. The van der Waals surface area contributed by atoms with Gasteiger partial charge in [0.1, 0.15) is 11.4 Å². The highest BCUT2D eigenvalue weighted by Crippen LogP contribution is 2.50. The van der Waals surface area contributed by atoms with Crippen molar-refractivity contribution in [1.29, 1.82) is 0 Å². The van der Waals surface area contributed by atoms with Crippen molar-refractivity contribution in [2.75, 3.05) is 0 Å². The second-order valence-electron chi connectivity index (χ2n) is 7.94. The number of hydrogen-bond acceptors (Lipinski definition) is 2. The number of fused-ring (bicyclic) bond motifs is 2. The van der Waals surface area contributed by atoms with Gasteiger partial charge in [-0.15, -0.1) is 0 Å². The molecule has 1 fully saturated rings. The number of benzene rings is 3. The molecule has 3 aromatic carbocycles. The zero-order chi connectivity index (χ0) is 19.1. The van der Waals surface area contributed by atoms with Gasteiger partial charge in [-0.2, -0.15) is 0 Å². The lowest BCUT2D eigenvalue weighted by atomic mass is 9.73. The largest absolute Gasteiger partial charge is 0.485 e. The Balaban J connectivity index is 1.41. The van der Waals surface area contributed by atoms with Crippen LogP contribution >= 0.6 is 11.6 Å². The van der Waals surface area contributed by atoms with E-state index in [9.17, 15) is 4.79 Å². The average Bonchev–Trinajstić information content (AvgIpc) is 2.67. The zero-order valence-corrected chi connectivity index (χ0v) is 16.3. The van der Waals surface area contributed by atoms with E-state index in [1.807, 2.05) is 42.5 Å². The number of nitrogens with one attached hydrogen (secondary N) is 1. The summed E-state index contributed by atoms with van der Waals surface area (Å²) in [7, 11) is 0. The van der Waals surface area contributed by atoms with E-state index in [0.29, 0.717) is 11.4 Å². The molecule has 1 aliphatic heterocycles. The molecule has 1 amide bonds. The third kappa shape index (κ3) is 3.04. The third-order valence-corrected chi connectivity index (χ3v) is 6.40. The molecule has 4 heteroatoms. The van der Waals surface area contributed by atoms with Crippen molar-refractivity contribution >= 4 is 28.3 Å². The van der Waals surface area contributed by atoms with Crippen LogP contribution in [0.4, 0.5) is 0 Å². The molecule has 0 unspecified atom stereocenters. The molecule has 2 aliphatic rings. The summed E-state index contributed by atoms with van der Waals surface area (Å²) in [5.74, 6) is 0.772. The smallest absolute Gasteiger partial charge is 0.224 e. The third-order valence-electron chi connectivity index (χ3n) is 6.10. The van der Waals surface area contributed by atoms with Crippen LogP contribution in [0.15, 0.2) is 60.7 Å². The topological polar surface area (TPSA) is 38.3 Å². The molecule has 1 saturated carbocycles. The van der Waals surface area contributed by atoms with Crippen molar-refractivity contribution in [3.05, 3.63) is 76.8 Å². The fourth-order valence-electron chi connectivity index (χ4n) is 4.52. The molecular weight excluding hydrogens is 370 g/mol. The van der Waals surface area contributed by atoms with Gasteiger partial charge in [-0.05, 0) is 41.7 Å². The highest BCUT2D eigenvalue weighted by atomic mass is 35.5. The molecule has 0 aromatic heterocycles. The summed E-state index contributed by atoms with van der Waals surface area (Å²) in [5, 5.41) is 6.17. The lowest BCUT2D eigenvalue weighted by Gasteiger charge is -2.48. The van der Waals surface area contributed by atoms with Crippen molar-refractivity contribution in [1.82, 2.24) is 5.32 Å². The van der Waals surface area contributed by atoms with E-state index in [1.54, 1.807) is 0 Å². The Morgan fingerprint density at radius 1 is 1.07 bits per heavy atom. The van der Waals surface area contributed by atoms with Crippen LogP contribution in [0.5, 0.6) is 5.75 Å². The van der Waals surface area contributed by atoms with Crippen molar-refractivity contribution in [2.24, 2.45) is 0 Å². The molecular formula is C24H22ClNO2. The van der Waals surface area contributed by atoms with E-state index in [2.05, 4.69) is 23.5 Å². The molecule has 0 radical (unpaired) electrons. The van der Waals surface area contributed by atoms with E-state index in [0.717, 1.165) is 53.3 Å². The van der Waals surface area contributed by atoms with Gasteiger partial charge in [-0.25, -0.2) is 0 Å². The van der Waals surface area contributed by atoms with Crippen molar-refractivity contribution < 1.29 is 9.53 Å². The number of hydrogen-bond donors (Lipinski definition) is 1. The van der Waals surface area contributed by atoms with Gasteiger partial charge >= 0.3 is 0 Å². The SMILES string of the molecule is O=C(Cc1cccc2ccccc12)N[C@@H]1CC2(CCC2)Oc2c(Cl)cccc21. The van der Waals surface area contributed by atoms with Gasteiger partial charge in [0.2, 0.25) is 5.91 Å². The van der Waals surface area contributed by atoms with Gasteiger partial charge in [0.25, 0.3) is 0 Å². The molecule has 3 aromatic rings. The maximum Gasteiger partial charge on any atom is 0.224 e. The van der Waals surface area contributed by atoms with E-state index in [-0.39, 0.29) is 17.6 Å². The quantitative estimate of drug-likeness (QED) is 0.631. The Labute approximate surface area is 169 Å². The summed E-state index contributed by atoms with van der Waals surface area (Å²) >= 11 is 6.41. The van der Waals surface area contributed by atoms with Gasteiger partial charge in [-0.3, -0.25) is 4.79 Å². The van der Waals surface area contributed by atoms with Gasteiger partial charge in [0, 0.05) is 12.0 Å². The van der Waals surface area contributed by atoms with E-state index in [1.165, 1.54) is 0 Å². The molecule has 0 bridgehead atoms. The van der Waals surface area contributed by atoms with Crippen LogP contribution in [-0.2, 0) is 11.2 Å². The molecule has 1 spiro atoms. The van der Waals surface area contributed by atoms with Gasteiger partial charge < -0.3 is 10.1 Å². The Hall–Kier alpha value is -2.52. The Kier molecular flexibility index (Phi) is 4.28. The van der Waals surface area contributed by atoms with Crippen molar-refractivity contribution in [2.45, 2.75) is 43.7 Å². The molecule has 5 rings (SSSR count). The minimum Gasteiger partial charge on any atom is -0.485 e. The number of ether oxygens (including phenoxy) is 1. The highest BCUT2D eigenvalue weighted by molar-refractivity contribution is 6.32. The highest BCUT2D eigenvalue weighted by Gasteiger charge is 2.46. The summed E-state index contributed by atoms with van der Waals surface area (Å²) in [6.07, 6.45) is 4.38. The lowest BCUT2D eigenvalue weighted by Crippen LogP contribution is -2.50. The molecule has 1 atom stereocenters. The molecule has 28 heavy (non-hydrogen) atoms. The minimum absolute atomic E-state index is 0.0312. The van der Waals surface area contributed by atoms with Crippen LogP contribution in [0.25, 0.3) is 10.8 Å². The monoisotopic (exact) mass is 391 g/mol. The van der Waals surface area contributed by atoms with Crippen LogP contribution in [0.3, 0.4) is 0 Å². The van der Waals surface area contributed by atoms with Crippen molar-refractivity contribution in [3.63, 3.8) is 0 Å². The van der Waals surface area contributed by atoms with Crippen LogP contribution in [0, 0.1) is 0 Å². The van der Waals surface area contributed by atoms with Crippen LogP contribution < -0.4 is 10.1 Å². The Morgan fingerprint density at radius 2 is 1.86 bits per heavy atom. The molecule has 1 aliphatic carbocycles. The van der Waals surface area contributed by atoms with Crippen LogP contribution in [-0.4, -0.2) is 11.5 Å².